The van der Waals surface area contributed by atoms with Crippen molar-refractivity contribution in [3.8, 4) is 22.8 Å². The van der Waals surface area contributed by atoms with Crippen LogP contribution in [-0.2, 0) is 0 Å². The molecule has 0 fully saturated rings. The first-order valence-corrected chi connectivity index (χ1v) is 5.25. The minimum absolute atomic E-state index is 0.366. The Labute approximate surface area is 102 Å². The molecule has 6 nitrogen and oxygen atoms in total. The van der Waals surface area contributed by atoms with Crippen molar-refractivity contribution in [3.05, 3.63) is 36.8 Å². The molecule has 3 rings (SSSR count). The van der Waals surface area contributed by atoms with Crippen LogP contribution in [0.25, 0.3) is 22.8 Å². The molecule has 0 atom stereocenters. The number of rotatable bonds is 2. The molecule has 2 aromatic heterocycles. The van der Waals surface area contributed by atoms with Gasteiger partial charge in [-0.1, -0.05) is 5.16 Å². The van der Waals surface area contributed by atoms with E-state index in [1.165, 1.54) is 0 Å². The van der Waals surface area contributed by atoms with E-state index in [1.807, 2.05) is 0 Å². The summed E-state index contributed by atoms with van der Waals surface area (Å²) in [5.41, 5.74) is 14.0. The van der Waals surface area contributed by atoms with Gasteiger partial charge in [0.2, 0.25) is 5.82 Å². The van der Waals surface area contributed by atoms with Gasteiger partial charge in [-0.3, -0.25) is 0 Å². The standard InChI is InChI=1S/C12H10N4O2/c13-9-3-8(4-10(14)5-9)12-15-11(16-18-12)7-1-2-17-6-7/h1-6H,13-14H2. The Balaban J connectivity index is 2.03. The molecular formula is C12H10N4O2. The molecule has 90 valence electrons. The Bertz CT molecular complexity index is 653. The number of benzene rings is 1. The second-order valence-electron chi connectivity index (χ2n) is 3.82. The molecule has 1 aromatic carbocycles. The van der Waals surface area contributed by atoms with E-state index in [9.17, 15) is 0 Å². The average Bonchev–Trinajstić information content (AvgIpc) is 2.99. The Kier molecular flexibility index (Phi) is 2.26. The van der Waals surface area contributed by atoms with E-state index in [0.29, 0.717) is 28.7 Å². The van der Waals surface area contributed by atoms with Crippen LogP contribution in [-0.4, -0.2) is 10.1 Å². The van der Waals surface area contributed by atoms with E-state index in [1.54, 1.807) is 36.8 Å². The first-order chi connectivity index (χ1) is 8.72. The maximum atomic E-state index is 5.71. The third-order valence-corrected chi connectivity index (χ3v) is 2.43. The largest absolute Gasteiger partial charge is 0.472 e. The van der Waals surface area contributed by atoms with E-state index in [-0.39, 0.29) is 0 Å². The van der Waals surface area contributed by atoms with Crippen LogP contribution in [0, 0.1) is 0 Å². The summed E-state index contributed by atoms with van der Waals surface area (Å²) in [4.78, 5) is 4.26. The first kappa shape index (κ1) is 10.4. The molecule has 6 heteroatoms. The molecule has 18 heavy (non-hydrogen) atoms. The highest BCUT2D eigenvalue weighted by Gasteiger charge is 2.12. The summed E-state index contributed by atoms with van der Waals surface area (Å²) in [6, 6.07) is 6.87. The molecule has 0 unspecified atom stereocenters. The molecule has 2 heterocycles. The van der Waals surface area contributed by atoms with Gasteiger partial charge in [0.25, 0.3) is 5.89 Å². The summed E-state index contributed by atoms with van der Waals surface area (Å²) in [6.45, 7) is 0. The highest BCUT2D eigenvalue weighted by molar-refractivity contribution is 5.68. The summed E-state index contributed by atoms with van der Waals surface area (Å²) >= 11 is 0. The highest BCUT2D eigenvalue weighted by Crippen LogP contribution is 2.25. The van der Waals surface area contributed by atoms with Crippen molar-refractivity contribution in [2.24, 2.45) is 0 Å². The van der Waals surface area contributed by atoms with Gasteiger partial charge in [-0.2, -0.15) is 4.98 Å². The maximum absolute atomic E-state index is 5.71. The Hall–Kier alpha value is -2.76. The number of nitrogens with two attached hydrogens (primary N) is 2. The summed E-state index contributed by atoms with van der Waals surface area (Å²) in [6.07, 6.45) is 3.09. The van der Waals surface area contributed by atoms with Gasteiger partial charge >= 0.3 is 0 Å². The Morgan fingerprint density at radius 3 is 2.44 bits per heavy atom. The summed E-state index contributed by atoms with van der Waals surface area (Å²) < 4.78 is 10.1. The fourth-order valence-electron chi connectivity index (χ4n) is 1.65. The smallest absolute Gasteiger partial charge is 0.258 e. The second kappa shape index (κ2) is 3.92. The van der Waals surface area contributed by atoms with E-state index in [0.717, 1.165) is 5.56 Å². The van der Waals surface area contributed by atoms with Gasteiger partial charge in [0.1, 0.15) is 6.26 Å². The van der Waals surface area contributed by atoms with Gasteiger partial charge < -0.3 is 20.4 Å². The minimum Gasteiger partial charge on any atom is -0.472 e. The lowest BCUT2D eigenvalue weighted by molar-refractivity contribution is 0.432. The number of nitrogen functional groups attached to an aromatic ring is 2. The summed E-state index contributed by atoms with van der Waals surface area (Å²) in [7, 11) is 0. The lowest BCUT2D eigenvalue weighted by Crippen LogP contribution is -1.91. The molecule has 0 saturated carbocycles. The highest BCUT2D eigenvalue weighted by atomic mass is 16.5. The summed E-state index contributed by atoms with van der Waals surface area (Å²) in [5, 5.41) is 3.87. The second-order valence-corrected chi connectivity index (χ2v) is 3.82. The van der Waals surface area contributed by atoms with Crippen LogP contribution < -0.4 is 11.5 Å². The van der Waals surface area contributed by atoms with Crippen molar-refractivity contribution in [1.29, 1.82) is 0 Å². The van der Waals surface area contributed by atoms with Crippen LogP contribution >= 0.6 is 0 Å². The maximum Gasteiger partial charge on any atom is 0.258 e. The number of hydrogen-bond donors (Lipinski definition) is 2. The van der Waals surface area contributed by atoms with Crippen molar-refractivity contribution in [2.75, 3.05) is 11.5 Å². The number of aromatic nitrogens is 2. The van der Waals surface area contributed by atoms with Gasteiger partial charge in [-0.25, -0.2) is 0 Å². The molecule has 3 aromatic rings. The third-order valence-electron chi connectivity index (χ3n) is 2.43. The average molecular weight is 242 g/mol. The topological polar surface area (TPSA) is 104 Å². The van der Waals surface area contributed by atoms with Gasteiger partial charge in [0.15, 0.2) is 0 Å². The van der Waals surface area contributed by atoms with Gasteiger partial charge in [-0.05, 0) is 24.3 Å². The molecule has 0 aliphatic rings. The minimum atomic E-state index is 0.366. The van der Waals surface area contributed by atoms with E-state index in [2.05, 4.69) is 10.1 Å². The van der Waals surface area contributed by atoms with Crippen LogP contribution in [0.3, 0.4) is 0 Å². The van der Waals surface area contributed by atoms with Crippen molar-refractivity contribution in [2.45, 2.75) is 0 Å². The lowest BCUT2D eigenvalue weighted by atomic mass is 10.2. The Morgan fingerprint density at radius 1 is 1.00 bits per heavy atom. The van der Waals surface area contributed by atoms with Gasteiger partial charge in [0.05, 0.1) is 11.8 Å². The molecular weight excluding hydrogens is 232 g/mol. The van der Waals surface area contributed by atoms with Crippen LogP contribution in [0.5, 0.6) is 0 Å². The molecule has 0 bridgehead atoms. The Morgan fingerprint density at radius 2 is 1.78 bits per heavy atom. The molecule has 0 aliphatic carbocycles. The van der Waals surface area contributed by atoms with E-state index < -0.39 is 0 Å². The number of anilines is 2. The molecule has 4 N–H and O–H groups in total. The molecule has 0 radical (unpaired) electrons. The molecule has 0 aliphatic heterocycles. The fourth-order valence-corrected chi connectivity index (χ4v) is 1.65. The number of nitrogens with zero attached hydrogens (tertiary/aromatic N) is 2. The van der Waals surface area contributed by atoms with Crippen LogP contribution in [0.15, 0.2) is 45.7 Å². The lowest BCUT2D eigenvalue weighted by Gasteiger charge is -1.99. The summed E-state index contributed by atoms with van der Waals surface area (Å²) in [5.74, 6) is 0.824. The van der Waals surface area contributed by atoms with Crippen molar-refractivity contribution >= 4 is 11.4 Å². The van der Waals surface area contributed by atoms with Crippen LogP contribution in [0.2, 0.25) is 0 Å². The van der Waals surface area contributed by atoms with E-state index >= 15 is 0 Å². The predicted octanol–water partition coefficient (Wildman–Crippen LogP) is 2.16. The quantitative estimate of drug-likeness (QED) is 0.667. The van der Waals surface area contributed by atoms with Crippen LogP contribution in [0.4, 0.5) is 11.4 Å². The van der Waals surface area contributed by atoms with Gasteiger partial charge in [-0.15, -0.1) is 0 Å². The normalized spacial score (nSPS) is 10.7. The first-order valence-electron chi connectivity index (χ1n) is 5.25. The van der Waals surface area contributed by atoms with E-state index in [4.69, 9.17) is 20.4 Å². The fraction of sp³-hybridized carbons (Fsp3) is 0. The van der Waals surface area contributed by atoms with Crippen LogP contribution in [0.1, 0.15) is 0 Å². The zero-order valence-corrected chi connectivity index (χ0v) is 9.33. The van der Waals surface area contributed by atoms with Crippen molar-refractivity contribution in [3.63, 3.8) is 0 Å². The van der Waals surface area contributed by atoms with Crippen molar-refractivity contribution in [1.82, 2.24) is 10.1 Å². The molecule has 0 amide bonds. The monoisotopic (exact) mass is 242 g/mol. The number of furan rings is 1. The molecule has 0 saturated heterocycles. The molecule has 0 spiro atoms. The predicted molar refractivity (Wildman–Crippen MR) is 66.3 cm³/mol. The zero-order valence-electron chi connectivity index (χ0n) is 9.33. The zero-order chi connectivity index (χ0) is 12.5. The van der Waals surface area contributed by atoms with Crippen molar-refractivity contribution < 1.29 is 8.94 Å². The number of hydrogen-bond acceptors (Lipinski definition) is 6. The SMILES string of the molecule is Nc1cc(N)cc(-c2nc(-c3ccoc3)no2)c1. The third kappa shape index (κ3) is 1.80. The van der Waals surface area contributed by atoms with Gasteiger partial charge in [0, 0.05) is 16.9 Å².